The van der Waals surface area contributed by atoms with Crippen LogP contribution in [0.2, 0.25) is 6.86 Å². The number of rotatable bonds is 18. The van der Waals surface area contributed by atoms with Crippen molar-refractivity contribution in [3.8, 4) is 0 Å². The fraction of sp³-hybridized carbons (Fsp3) is 1.00. The predicted molar refractivity (Wildman–Crippen MR) is 120 cm³/mol. The van der Waals surface area contributed by atoms with Gasteiger partial charge in [0, 0.05) is 0 Å². The number of unbranched alkanes of at least 4 members (excludes halogenated alkanes) is 4. The van der Waals surface area contributed by atoms with Gasteiger partial charge in [0.25, 0.3) is 0 Å². The van der Waals surface area contributed by atoms with Gasteiger partial charge in [-0.05, 0) is 0 Å². The van der Waals surface area contributed by atoms with E-state index in [0.29, 0.717) is 0 Å². The van der Waals surface area contributed by atoms with Crippen LogP contribution in [0.25, 0.3) is 0 Å². The van der Waals surface area contributed by atoms with E-state index in [-0.39, 0.29) is 0 Å². The summed E-state index contributed by atoms with van der Waals surface area (Å²) in [6.07, 6.45) is 23.7. The monoisotopic (exact) mass is 459 g/mol. The normalized spacial score (nSPS) is 12.7. The third kappa shape index (κ3) is 10.6. The third-order valence-electron chi connectivity index (χ3n) is 6.22. The second kappa shape index (κ2) is 15.8. The van der Waals surface area contributed by atoms with Gasteiger partial charge in [0.05, 0.1) is 0 Å². The molecule has 0 N–H and O–H groups in total. The van der Waals surface area contributed by atoms with Crippen molar-refractivity contribution in [2.75, 3.05) is 0 Å². The summed E-state index contributed by atoms with van der Waals surface area (Å²) in [4.78, 5) is 0. The van der Waals surface area contributed by atoms with Gasteiger partial charge in [-0.3, -0.25) is 0 Å². The van der Waals surface area contributed by atoms with Crippen molar-refractivity contribution in [2.24, 2.45) is 0 Å². The summed E-state index contributed by atoms with van der Waals surface area (Å²) in [5.74, 6) is 0. The summed E-state index contributed by atoms with van der Waals surface area (Å²) >= 11 is -0.669. The topological polar surface area (TPSA) is 0 Å². The molecule has 0 unspecified atom stereocenters. The fourth-order valence-electron chi connectivity index (χ4n) is 4.94. The molecule has 0 bridgehead atoms. The van der Waals surface area contributed by atoms with Crippen LogP contribution >= 0.6 is 0 Å². The number of hydrogen-bond donors (Lipinski definition) is 0. The Labute approximate surface area is 171 Å². The average Bonchev–Trinajstić information content (AvgIpc) is 2.61. The van der Waals surface area contributed by atoms with Crippen LogP contribution in [0.4, 0.5) is 0 Å². The fourth-order valence-corrected chi connectivity index (χ4v) is 15.1. The molecule has 0 aliphatic rings. The first-order valence-corrected chi connectivity index (χ1v) is 15.2. The van der Waals surface area contributed by atoms with Gasteiger partial charge in [0.15, 0.2) is 0 Å². The third-order valence-corrected chi connectivity index (χ3v) is 14.7. The zero-order valence-electron chi connectivity index (χ0n) is 18.9. The van der Waals surface area contributed by atoms with Gasteiger partial charge in [-0.2, -0.15) is 0 Å². The molecule has 0 fully saturated rings. The molecule has 0 amide bonds. The van der Waals surface area contributed by atoms with Crippen molar-refractivity contribution < 1.29 is 0 Å². The summed E-state index contributed by atoms with van der Waals surface area (Å²) in [5.41, 5.74) is 0. The Kier molecular flexibility index (Phi) is 16.3. The van der Waals surface area contributed by atoms with E-state index in [0.717, 1.165) is 6.86 Å². The van der Waals surface area contributed by atoms with Gasteiger partial charge < -0.3 is 0 Å². The predicted octanol–water partition coefficient (Wildman–Crippen LogP) is 9.10. The second-order valence-electron chi connectivity index (χ2n) is 8.78. The van der Waals surface area contributed by atoms with E-state index < -0.39 is 21.1 Å². The summed E-state index contributed by atoms with van der Waals surface area (Å²) in [7, 11) is 0. The Balaban J connectivity index is 5.52. The van der Waals surface area contributed by atoms with Gasteiger partial charge in [-0.15, -0.1) is 0 Å². The zero-order chi connectivity index (χ0) is 19.0. The first-order chi connectivity index (χ1) is 12.1. The summed E-state index contributed by atoms with van der Waals surface area (Å²) in [5, 5.41) is 0. The molecular formula is C24H51Sn. The van der Waals surface area contributed by atoms with E-state index >= 15 is 0 Å². The second-order valence-corrected chi connectivity index (χ2v) is 16.6. The van der Waals surface area contributed by atoms with Gasteiger partial charge in [0.2, 0.25) is 0 Å². The van der Waals surface area contributed by atoms with Gasteiger partial charge >= 0.3 is 172 Å². The first-order valence-electron chi connectivity index (χ1n) is 11.9. The molecule has 0 saturated heterocycles. The molecule has 0 aliphatic heterocycles. The van der Waals surface area contributed by atoms with Crippen molar-refractivity contribution >= 4 is 21.1 Å². The minimum absolute atomic E-state index is 0.669. The van der Waals surface area contributed by atoms with E-state index in [4.69, 9.17) is 0 Å². The Morgan fingerprint density at radius 2 is 0.680 bits per heavy atom. The van der Waals surface area contributed by atoms with Crippen LogP contribution in [0.15, 0.2) is 0 Å². The molecule has 0 spiro atoms. The van der Waals surface area contributed by atoms with E-state index in [2.05, 4.69) is 41.5 Å². The Bertz CT molecular complexity index is 240. The summed E-state index contributed by atoms with van der Waals surface area (Å²) < 4.78 is 1.65. The zero-order valence-corrected chi connectivity index (χ0v) is 22.2. The summed E-state index contributed by atoms with van der Waals surface area (Å²) in [6, 6.07) is 0. The molecule has 0 aromatic carbocycles. The van der Waals surface area contributed by atoms with Crippen molar-refractivity contribution in [3.05, 3.63) is 0 Å². The molecule has 0 heterocycles. The Morgan fingerprint density at radius 1 is 0.400 bits per heavy atom. The van der Waals surface area contributed by atoms with Crippen molar-refractivity contribution in [1.29, 1.82) is 0 Å². The molecule has 1 radical (unpaired) electrons. The van der Waals surface area contributed by atoms with Crippen LogP contribution in [-0.2, 0) is 0 Å². The van der Waals surface area contributed by atoms with E-state index in [1.165, 1.54) is 64.2 Å². The van der Waals surface area contributed by atoms with Crippen LogP contribution in [0.1, 0.15) is 144 Å². The molecule has 0 rings (SSSR count). The molecule has 25 heavy (non-hydrogen) atoms. The summed E-state index contributed by atoms with van der Waals surface area (Å²) in [6.45, 7) is 14.5. The molecule has 0 aromatic heterocycles. The van der Waals surface area contributed by atoms with Gasteiger partial charge in [-0.1, -0.05) is 0 Å². The SMILES string of the molecule is CCCC[C](CCC)(CCCC)[SnH][C](CCC)(CCCC)CCCC. The van der Waals surface area contributed by atoms with Crippen LogP contribution in [-0.4, -0.2) is 21.1 Å². The van der Waals surface area contributed by atoms with Crippen molar-refractivity contribution in [1.82, 2.24) is 0 Å². The molecule has 0 saturated carbocycles. The van der Waals surface area contributed by atoms with E-state index in [9.17, 15) is 0 Å². The maximum absolute atomic E-state index is 2.45. The van der Waals surface area contributed by atoms with Gasteiger partial charge in [0.1, 0.15) is 0 Å². The van der Waals surface area contributed by atoms with E-state index in [1.54, 1.807) is 38.5 Å². The number of hydrogen-bond acceptors (Lipinski definition) is 0. The molecular weight excluding hydrogens is 407 g/mol. The molecule has 0 aliphatic carbocycles. The molecule has 0 aromatic rings. The molecule has 0 nitrogen and oxygen atoms in total. The molecule has 0 atom stereocenters. The first kappa shape index (κ1) is 25.8. The van der Waals surface area contributed by atoms with Crippen LogP contribution in [0.3, 0.4) is 0 Å². The minimum atomic E-state index is -0.669. The standard InChI is InChI=1S/2C12H25.Sn.H/c2*1-4-7-10-12(9-6-3)11-8-5-2;;/h2*4-11H2,1-3H3;;. The van der Waals surface area contributed by atoms with Crippen LogP contribution in [0.5, 0.6) is 0 Å². The maximum atomic E-state index is 2.45. The van der Waals surface area contributed by atoms with Crippen LogP contribution < -0.4 is 0 Å². The van der Waals surface area contributed by atoms with Crippen LogP contribution in [0, 0.1) is 0 Å². The average molecular weight is 458 g/mol. The Morgan fingerprint density at radius 3 is 0.880 bits per heavy atom. The Hall–Kier alpha value is 0.799. The van der Waals surface area contributed by atoms with Crippen molar-refractivity contribution in [3.63, 3.8) is 0 Å². The van der Waals surface area contributed by atoms with E-state index in [1.807, 2.05) is 0 Å². The van der Waals surface area contributed by atoms with Gasteiger partial charge in [-0.25, -0.2) is 0 Å². The quantitative estimate of drug-likeness (QED) is 0.180. The molecule has 1 heteroatoms. The van der Waals surface area contributed by atoms with Crippen molar-refractivity contribution in [2.45, 2.75) is 151 Å². The molecule has 151 valence electrons.